The fourth-order valence-corrected chi connectivity index (χ4v) is 3.97. The Balaban J connectivity index is 1.99. The first-order valence-electron chi connectivity index (χ1n) is 11.7. The van der Waals surface area contributed by atoms with Gasteiger partial charge in [0.1, 0.15) is 5.75 Å². The zero-order valence-electron chi connectivity index (χ0n) is 20.3. The van der Waals surface area contributed by atoms with Gasteiger partial charge in [-0.05, 0) is 89.7 Å². The summed E-state index contributed by atoms with van der Waals surface area (Å²) in [5.74, 6) is 0.904. The third-order valence-corrected chi connectivity index (χ3v) is 5.84. The molecule has 0 fully saturated rings. The van der Waals surface area contributed by atoms with E-state index in [0.29, 0.717) is 39.6 Å². The van der Waals surface area contributed by atoms with E-state index in [0.717, 1.165) is 32.4 Å². The Kier molecular flexibility index (Phi) is 11.5. The molecule has 0 aliphatic carbocycles. The van der Waals surface area contributed by atoms with Crippen molar-refractivity contribution in [1.29, 1.82) is 0 Å². The Morgan fingerprint density at radius 3 is 2.38 bits per heavy atom. The summed E-state index contributed by atoms with van der Waals surface area (Å²) in [5.41, 5.74) is 1.67. The predicted octanol–water partition coefficient (Wildman–Crippen LogP) is 6.26. The van der Waals surface area contributed by atoms with Gasteiger partial charge in [0.15, 0.2) is 5.11 Å². The lowest BCUT2D eigenvalue weighted by molar-refractivity contribution is 0.0755. The minimum atomic E-state index is -0.337. The van der Waals surface area contributed by atoms with E-state index in [1.54, 1.807) is 42.5 Å². The van der Waals surface area contributed by atoms with Gasteiger partial charge in [0, 0.05) is 29.9 Å². The van der Waals surface area contributed by atoms with Gasteiger partial charge in [0.25, 0.3) is 11.8 Å². The van der Waals surface area contributed by atoms with Crippen LogP contribution < -0.4 is 15.4 Å². The number of rotatable bonds is 11. The van der Waals surface area contributed by atoms with Crippen molar-refractivity contribution < 1.29 is 14.3 Å². The van der Waals surface area contributed by atoms with Gasteiger partial charge in [0.2, 0.25) is 0 Å². The Hall–Kier alpha value is -2.45. The SMILES string of the molecule is CCCN(CCC)C(=O)c1cccc(NC(=S)NC(=O)c2ccc(OCCC(C)C)c(Br)c2)c1. The Bertz CT molecular complexity index is 991. The Morgan fingerprint density at radius 1 is 1.06 bits per heavy atom. The second-order valence-electron chi connectivity index (χ2n) is 8.46. The van der Waals surface area contributed by atoms with Gasteiger partial charge in [-0.3, -0.25) is 14.9 Å². The van der Waals surface area contributed by atoms with Crippen molar-refractivity contribution in [3.8, 4) is 5.75 Å². The number of carbonyl (C=O) groups excluding carboxylic acids is 2. The summed E-state index contributed by atoms with van der Waals surface area (Å²) >= 11 is 8.79. The third kappa shape index (κ3) is 8.72. The number of anilines is 1. The fourth-order valence-electron chi connectivity index (χ4n) is 3.27. The molecule has 8 heteroatoms. The fraction of sp³-hybridized carbons (Fsp3) is 0.423. The van der Waals surface area contributed by atoms with Crippen molar-refractivity contribution in [1.82, 2.24) is 10.2 Å². The Labute approximate surface area is 216 Å². The van der Waals surface area contributed by atoms with Crippen molar-refractivity contribution >= 4 is 50.8 Å². The summed E-state index contributed by atoms with van der Waals surface area (Å²) in [4.78, 5) is 27.4. The van der Waals surface area contributed by atoms with Crippen LogP contribution in [-0.2, 0) is 0 Å². The van der Waals surface area contributed by atoms with E-state index in [1.807, 2.05) is 4.90 Å². The molecule has 0 unspecified atom stereocenters. The maximum atomic E-state index is 12.9. The molecule has 34 heavy (non-hydrogen) atoms. The van der Waals surface area contributed by atoms with Gasteiger partial charge in [-0.15, -0.1) is 0 Å². The minimum absolute atomic E-state index is 0.0112. The molecule has 0 spiro atoms. The average Bonchev–Trinajstić information content (AvgIpc) is 2.79. The molecule has 2 aromatic rings. The maximum Gasteiger partial charge on any atom is 0.257 e. The number of halogens is 1. The number of hydrogen-bond donors (Lipinski definition) is 2. The number of nitrogens with zero attached hydrogens (tertiary/aromatic N) is 1. The van der Waals surface area contributed by atoms with Crippen LogP contribution in [0.25, 0.3) is 0 Å². The van der Waals surface area contributed by atoms with Crippen molar-refractivity contribution in [3.63, 3.8) is 0 Å². The summed E-state index contributed by atoms with van der Waals surface area (Å²) in [5, 5.41) is 5.84. The van der Waals surface area contributed by atoms with Gasteiger partial charge in [-0.1, -0.05) is 33.8 Å². The molecule has 0 saturated heterocycles. The van der Waals surface area contributed by atoms with E-state index in [2.05, 4.69) is 54.3 Å². The normalized spacial score (nSPS) is 10.6. The van der Waals surface area contributed by atoms with E-state index in [1.165, 1.54) is 0 Å². The lowest BCUT2D eigenvalue weighted by Gasteiger charge is -2.21. The number of amides is 2. The van der Waals surface area contributed by atoms with Gasteiger partial charge in [-0.25, -0.2) is 0 Å². The zero-order chi connectivity index (χ0) is 25.1. The summed E-state index contributed by atoms with van der Waals surface area (Å²) in [6.45, 7) is 10.5. The first-order chi connectivity index (χ1) is 16.2. The highest BCUT2D eigenvalue weighted by Crippen LogP contribution is 2.26. The van der Waals surface area contributed by atoms with Crippen LogP contribution in [0.2, 0.25) is 0 Å². The molecule has 0 bridgehead atoms. The van der Waals surface area contributed by atoms with Gasteiger partial charge in [-0.2, -0.15) is 0 Å². The highest BCUT2D eigenvalue weighted by molar-refractivity contribution is 9.10. The van der Waals surface area contributed by atoms with Gasteiger partial charge >= 0.3 is 0 Å². The van der Waals surface area contributed by atoms with Crippen molar-refractivity contribution in [2.75, 3.05) is 25.0 Å². The summed E-state index contributed by atoms with van der Waals surface area (Å²) in [6, 6.07) is 12.3. The molecule has 0 radical (unpaired) electrons. The predicted molar refractivity (Wildman–Crippen MR) is 146 cm³/mol. The summed E-state index contributed by atoms with van der Waals surface area (Å²) in [6.07, 6.45) is 2.76. The molecule has 0 aliphatic heterocycles. The van der Waals surface area contributed by atoms with E-state index >= 15 is 0 Å². The lowest BCUT2D eigenvalue weighted by atomic mass is 10.1. The van der Waals surface area contributed by atoms with Crippen molar-refractivity contribution in [3.05, 3.63) is 58.1 Å². The highest BCUT2D eigenvalue weighted by atomic mass is 79.9. The molecule has 0 saturated carbocycles. The van der Waals surface area contributed by atoms with Crippen LogP contribution >= 0.6 is 28.1 Å². The molecule has 184 valence electrons. The first-order valence-corrected chi connectivity index (χ1v) is 12.9. The van der Waals surface area contributed by atoms with E-state index in [9.17, 15) is 9.59 Å². The lowest BCUT2D eigenvalue weighted by Crippen LogP contribution is -2.34. The number of hydrogen-bond acceptors (Lipinski definition) is 4. The summed E-state index contributed by atoms with van der Waals surface area (Å²) in [7, 11) is 0. The van der Waals surface area contributed by atoms with E-state index in [-0.39, 0.29) is 16.9 Å². The highest BCUT2D eigenvalue weighted by Gasteiger charge is 2.15. The number of thiocarbonyl (C=S) groups is 1. The third-order valence-electron chi connectivity index (χ3n) is 5.02. The summed E-state index contributed by atoms with van der Waals surface area (Å²) < 4.78 is 6.48. The molecule has 2 rings (SSSR count). The number of ether oxygens (including phenoxy) is 1. The van der Waals surface area contributed by atoms with Crippen molar-refractivity contribution in [2.45, 2.75) is 47.0 Å². The second-order valence-corrected chi connectivity index (χ2v) is 9.72. The smallest absolute Gasteiger partial charge is 0.257 e. The van der Waals surface area contributed by atoms with Crippen LogP contribution in [-0.4, -0.2) is 41.5 Å². The molecule has 2 amide bonds. The molecule has 6 nitrogen and oxygen atoms in total. The molecule has 0 aromatic heterocycles. The monoisotopic (exact) mass is 547 g/mol. The second kappa shape index (κ2) is 14.1. The topological polar surface area (TPSA) is 70.7 Å². The molecule has 0 aliphatic rings. The van der Waals surface area contributed by atoms with Crippen LogP contribution in [0.15, 0.2) is 46.9 Å². The zero-order valence-corrected chi connectivity index (χ0v) is 22.7. The maximum absolute atomic E-state index is 12.9. The van der Waals surface area contributed by atoms with Gasteiger partial charge < -0.3 is 15.0 Å². The van der Waals surface area contributed by atoms with E-state index < -0.39 is 0 Å². The molecule has 2 N–H and O–H groups in total. The largest absolute Gasteiger partial charge is 0.492 e. The average molecular weight is 549 g/mol. The van der Waals surface area contributed by atoms with Crippen LogP contribution in [0.5, 0.6) is 5.75 Å². The van der Waals surface area contributed by atoms with Crippen LogP contribution in [0.1, 0.15) is 67.7 Å². The van der Waals surface area contributed by atoms with E-state index in [4.69, 9.17) is 17.0 Å². The molecular formula is C26H34BrN3O3S. The number of benzene rings is 2. The Morgan fingerprint density at radius 2 is 1.76 bits per heavy atom. The van der Waals surface area contributed by atoms with Gasteiger partial charge in [0.05, 0.1) is 11.1 Å². The van der Waals surface area contributed by atoms with Crippen LogP contribution in [0.3, 0.4) is 0 Å². The molecule has 0 heterocycles. The standard InChI is InChI=1S/C26H34BrN3O3S/c1-5-13-30(14-6-2)25(32)20-8-7-9-21(16-20)28-26(34)29-24(31)19-10-11-23(22(27)17-19)33-15-12-18(3)4/h7-11,16-18H,5-6,12-15H2,1-4H3,(H2,28,29,31,34). The molecule has 2 aromatic carbocycles. The molecular weight excluding hydrogens is 514 g/mol. The number of carbonyl (C=O) groups is 2. The van der Waals surface area contributed by atoms with Crippen LogP contribution in [0, 0.1) is 5.92 Å². The number of nitrogens with one attached hydrogen (secondary N) is 2. The quantitative estimate of drug-likeness (QED) is 0.324. The minimum Gasteiger partial charge on any atom is -0.492 e. The molecule has 0 atom stereocenters. The van der Waals surface area contributed by atoms with Crippen LogP contribution in [0.4, 0.5) is 5.69 Å². The first kappa shape index (κ1) is 27.8. The van der Waals surface area contributed by atoms with Crippen molar-refractivity contribution in [2.24, 2.45) is 5.92 Å².